The van der Waals surface area contributed by atoms with Crippen LogP contribution >= 0.6 is 0 Å². The van der Waals surface area contributed by atoms with Gasteiger partial charge in [-0.15, -0.1) is 0 Å². The second-order valence-electron chi connectivity index (χ2n) is 3.10. The first-order valence-electron chi connectivity index (χ1n) is 4.57. The van der Waals surface area contributed by atoms with E-state index in [-0.39, 0.29) is 5.82 Å². The van der Waals surface area contributed by atoms with Crippen molar-refractivity contribution in [3.8, 4) is 0 Å². The predicted molar refractivity (Wildman–Crippen MR) is 54.3 cm³/mol. The summed E-state index contributed by atoms with van der Waals surface area (Å²) in [5.74, 6) is 0.807. The highest BCUT2D eigenvalue weighted by Crippen LogP contribution is 2.20. The Balaban J connectivity index is 2.54. The SMILES string of the molecule is CNc1cccc(NCC(O)C(F)(F)F)n1. The lowest BCUT2D eigenvalue weighted by Crippen LogP contribution is -2.35. The molecule has 0 spiro atoms. The molecule has 7 heteroatoms. The van der Waals surface area contributed by atoms with Crippen LogP contribution in [0.2, 0.25) is 0 Å². The fraction of sp³-hybridized carbons (Fsp3) is 0.444. The number of hydrogen-bond donors (Lipinski definition) is 3. The number of aliphatic hydroxyl groups excluding tert-OH is 1. The Kier molecular flexibility index (Phi) is 3.94. The van der Waals surface area contributed by atoms with E-state index in [0.717, 1.165) is 0 Å². The molecule has 0 aromatic carbocycles. The van der Waals surface area contributed by atoms with Crippen molar-refractivity contribution in [2.45, 2.75) is 12.3 Å². The highest BCUT2D eigenvalue weighted by Gasteiger charge is 2.37. The quantitative estimate of drug-likeness (QED) is 0.739. The third-order valence-electron chi connectivity index (χ3n) is 1.86. The van der Waals surface area contributed by atoms with Gasteiger partial charge < -0.3 is 15.7 Å². The number of anilines is 2. The van der Waals surface area contributed by atoms with Crippen molar-refractivity contribution in [1.82, 2.24) is 4.98 Å². The molecule has 0 aliphatic carbocycles. The van der Waals surface area contributed by atoms with Crippen LogP contribution in [0.4, 0.5) is 24.8 Å². The van der Waals surface area contributed by atoms with E-state index in [0.29, 0.717) is 5.82 Å². The maximum atomic E-state index is 12.0. The minimum Gasteiger partial charge on any atom is -0.382 e. The van der Waals surface area contributed by atoms with Gasteiger partial charge in [-0.25, -0.2) is 4.98 Å². The van der Waals surface area contributed by atoms with Crippen molar-refractivity contribution < 1.29 is 18.3 Å². The molecule has 0 saturated carbocycles. The summed E-state index contributed by atoms with van der Waals surface area (Å²) in [7, 11) is 1.65. The van der Waals surface area contributed by atoms with Crippen LogP contribution in [0.3, 0.4) is 0 Å². The van der Waals surface area contributed by atoms with Crippen LogP contribution in [0.25, 0.3) is 0 Å². The van der Waals surface area contributed by atoms with Gasteiger partial charge >= 0.3 is 6.18 Å². The van der Waals surface area contributed by atoms with Gasteiger partial charge in [0.2, 0.25) is 0 Å². The summed E-state index contributed by atoms with van der Waals surface area (Å²) >= 11 is 0. The number of halogens is 3. The summed E-state index contributed by atoms with van der Waals surface area (Å²) in [5.41, 5.74) is 0. The average Bonchev–Trinajstić information content (AvgIpc) is 2.25. The molecule has 16 heavy (non-hydrogen) atoms. The van der Waals surface area contributed by atoms with Crippen molar-refractivity contribution in [3.05, 3.63) is 18.2 Å². The normalized spacial score (nSPS) is 13.3. The van der Waals surface area contributed by atoms with E-state index in [1.807, 2.05) is 0 Å². The second-order valence-corrected chi connectivity index (χ2v) is 3.10. The Bertz CT molecular complexity index is 343. The highest BCUT2D eigenvalue weighted by atomic mass is 19.4. The van der Waals surface area contributed by atoms with Gasteiger partial charge in [-0.1, -0.05) is 6.07 Å². The zero-order chi connectivity index (χ0) is 12.2. The Hall–Kier alpha value is -1.50. The zero-order valence-corrected chi connectivity index (χ0v) is 8.54. The molecule has 4 nitrogen and oxygen atoms in total. The number of pyridine rings is 1. The van der Waals surface area contributed by atoms with Gasteiger partial charge in [0.15, 0.2) is 6.10 Å². The molecule has 1 unspecified atom stereocenters. The molecular formula is C9H12F3N3O. The second kappa shape index (κ2) is 5.02. The highest BCUT2D eigenvalue weighted by molar-refractivity contribution is 5.44. The van der Waals surface area contributed by atoms with Crippen LogP contribution in [-0.4, -0.2) is 36.0 Å². The molecule has 3 N–H and O–H groups in total. The number of aromatic nitrogens is 1. The molecule has 1 rings (SSSR count). The van der Waals surface area contributed by atoms with E-state index < -0.39 is 18.8 Å². The van der Waals surface area contributed by atoms with E-state index in [9.17, 15) is 13.2 Å². The van der Waals surface area contributed by atoms with Crippen LogP contribution in [-0.2, 0) is 0 Å². The van der Waals surface area contributed by atoms with Gasteiger partial charge in [-0.2, -0.15) is 13.2 Å². The first-order chi connectivity index (χ1) is 7.43. The lowest BCUT2D eigenvalue weighted by atomic mass is 10.3. The topological polar surface area (TPSA) is 57.2 Å². The standard InChI is InChI=1S/C9H12F3N3O/c1-13-7-3-2-4-8(15-7)14-5-6(16)9(10,11)12/h2-4,6,16H,5H2,1H3,(H2,13,14,15). The molecular weight excluding hydrogens is 223 g/mol. The Labute approximate surface area is 90.5 Å². The molecule has 1 aromatic heterocycles. The van der Waals surface area contributed by atoms with Crippen LogP contribution in [0, 0.1) is 0 Å². The molecule has 1 heterocycles. The molecule has 0 amide bonds. The maximum absolute atomic E-state index is 12.0. The average molecular weight is 235 g/mol. The summed E-state index contributed by atoms with van der Waals surface area (Å²) in [4.78, 5) is 3.94. The number of alkyl halides is 3. The molecule has 90 valence electrons. The van der Waals surface area contributed by atoms with Crippen LogP contribution in [0.15, 0.2) is 18.2 Å². The van der Waals surface area contributed by atoms with E-state index >= 15 is 0 Å². The number of aliphatic hydroxyl groups is 1. The molecule has 0 aliphatic heterocycles. The Morgan fingerprint density at radius 3 is 2.56 bits per heavy atom. The van der Waals surface area contributed by atoms with E-state index in [4.69, 9.17) is 5.11 Å². The minimum absolute atomic E-state index is 0.273. The molecule has 0 radical (unpaired) electrons. The number of rotatable bonds is 4. The third kappa shape index (κ3) is 3.58. The summed E-state index contributed by atoms with van der Waals surface area (Å²) < 4.78 is 35.9. The molecule has 0 saturated heterocycles. The van der Waals surface area contributed by atoms with E-state index in [1.165, 1.54) is 6.07 Å². The predicted octanol–water partition coefficient (Wildman–Crippen LogP) is 1.46. The number of hydrogen-bond acceptors (Lipinski definition) is 4. The summed E-state index contributed by atoms with van der Waals surface area (Å²) in [6, 6.07) is 4.83. The molecule has 1 aromatic rings. The molecule has 0 bridgehead atoms. The smallest absolute Gasteiger partial charge is 0.382 e. The van der Waals surface area contributed by atoms with Crippen molar-refractivity contribution in [2.24, 2.45) is 0 Å². The number of nitrogens with one attached hydrogen (secondary N) is 2. The lowest BCUT2D eigenvalue weighted by molar-refractivity contribution is -0.198. The van der Waals surface area contributed by atoms with Gasteiger partial charge in [0.05, 0.1) is 6.54 Å². The van der Waals surface area contributed by atoms with Gasteiger partial charge in [0.25, 0.3) is 0 Å². The lowest BCUT2D eigenvalue weighted by Gasteiger charge is -2.15. The van der Waals surface area contributed by atoms with Crippen LogP contribution < -0.4 is 10.6 Å². The first kappa shape index (κ1) is 12.6. The molecule has 1 atom stereocenters. The Morgan fingerprint density at radius 2 is 2.00 bits per heavy atom. The molecule has 0 aliphatic rings. The molecule has 0 fully saturated rings. The monoisotopic (exact) mass is 235 g/mol. The van der Waals surface area contributed by atoms with Crippen LogP contribution in [0.1, 0.15) is 0 Å². The van der Waals surface area contributed by atoms with Crippen molar-refractivity contribution >= 4 is 11.6 Å². The van der Waals surface area contributed by atoms with Crippen molar-refractivity contribution in [3.63, 3.8) is 0 Å². The third-order valence-corrected chi connectivity index (χ3v) is 1.86. The van der Waals surface area contributed by atoms with Crippen LogP contribution in [0.5, 0.6) is 0 Å². The fourth-order valence-corrected chi connectivity index (χ4v) is 0.989. The van der Waals surface area contributed by atoms with Crippen molar-refractivity contribution in [2.75, 3.05) is 24.2 Å². The first-order valence-corrected chi connectivity index (χ1v) is 4.57. The summed E-state index contributed by atoms with van der Waals surface area (Å²) in [6.07, 6.45) is -7.01. The zero-order valence-electron chi connectivity index (χ0n) is 8.54. The maximum Gasteiger partial charge on any atom is 0.416 e. The van der Waals surface area contributed by atoms with Gasteiger partial charge in [0.1, 0.15) is 11.6 Å². The van der Waals surface area contributed by atoms with E-state index in [1.54, 1.807) is 19.2 Å². The van der Waals surface area contributed by atoms with Gasteiger partial charge in [-0.3, -0.25) is 0 Å². The largest absolute Gasteiger partial charge is 0.416 e. The van der Waals surface area contributed by atoms with Crippen molar-refractivity contribution in [1.29, 1.82) is 0 Å². The Morgan fingerprint density at radius 1 is 1.38 bits per heavy atom. The number of nitrogens with zero attached hydrogens (tertiary/aromatic N) is 1. The van der Waals surface area contributed by atoms with Gasteiger partial charge in [0, 0.05) is 7.05 Å². The minimum atomic E-state index is -4.62. The fourth-order valence-electron chi connectivity index (χ4n) is 0.989. The van der Waals surface area contributed by atoms with E-state index in [2.05, 4.69) is 15.6 Å². The summed E-state index contributed by atoms with van der Waals surface area (Å²) in [6.45, 7) is -0.621. The summed E-state index contributed by atoms with van der Waals surface area (Å²) in [5, 5.41) is 13.9. The van der Waals surface area contributed by atoms with Gasteiger partial charge in [-0.05, 0) is 12.1 Å².